The zero-order chi connectivity index (χ0) is 9.47. The van der Waals surface area contributed by atoms with Crippen molar-refractivity contribution in [1.29, 1.82) is 0 Å². The van der Waals surface area contributed by atoms with Gasteiger partial charge < -0.3 is 4.84 Å². The van der Waals surface area contributed by atoms with Gasteiger partial charge in [0.15, 0.2) is 0 Å². The van der Waals surface area contributed by atoms with Gasteiger partial charge >= 0.3 is 0 Å². The number of rotatable bonds is 0. The Morgan fingerprint density at radius 2 is 2.31 bits per heavy atom. The molecule has 0 N–H and O–H groups in total. The average Bonchev–Trinajstić information content (AvgIpc) is 2.47. The van der Waals surface area contributed by atoms with Crippen LogP contribution in [0.4, 0.5) is 0 Å². The Balaban J connectivity index is 2.18. The van der Waals surface area contributed by atoms with E-state index in [-0.39, 0.29) is 0 Å². The number of fused-ring (bicyclic) bond motifs is 1. The third kappa shape index (κ3) is 1.55. The van der Waals surface area contributed by atoms with Crippen LogP contribution in [0.3, 0.4) is 0 Å². The van der Waals surface area contributed by atoms with Crippen LogP contribution in [0.2, 0.25) is 0 Å². The minimum Gasteiger partial charge on any atom is -0.396 e. The molecule has 0 spiro atoms. The van der Waals surface area contributed by atoms with Crippen LogP contribution in [0, 0.1) is 11.3 Å². The van der Waals surface area contributed by atoms with E-state index in [1.54, 1.807) is 11.0 Å². The minimum atomic E-state index is 0.315. The van der Waals surface area contributed by atoms with Gasteiger partial charge in [-0.25, -0.2) is 0 Å². The van der Waals surface area contributed by atoms with E-state index in [2.05, 4.69) is 25.9 Å². The quantitative estimate of drug-likeness (QED) is 0.605. The molecular weight excluding hydrogens is 164 g/mol. The molecule has 0 amide bonds. The summed E-state index contributed by atoms with van der Waals surface area (Å²) in [5, 5.41) is 4.07. The van der Waals surface area contributed by atoms with Crippen molar-refractivity contribution in [2.24, 2.45) is 11.3 Å². The Bertz CT molecular complexity index is 298. The molecule has 1 unspecified atom stereocenters. The first kappa shape index (κ1) is 8.60. The normalized spacial score (nSPS) is 22.2. The first-order valence-corrected chi connectivity index (χ1v) is 4.73. The van der Waals surface area contributed by atoms with E-state index in [0.717, 1.165) is 13.0 Å². The summed E-state index contributed by atoms with van der Waals surface area (Å²) in [6.45, 7) is 7.55. The van der Waals surface area contributed by atoms with Gasteiger partial charge in [0.2, 0.25) is 0 Å². The molecule has 1 atom stereocenters. The molecule has 0 fully saturated rings. The summed E-state index contributed by atoms with van der Waals surface area (Å²) in [6.07, 6.45) is 2.86. The SMILES string of the molecule is CC(C)(C)C1COn2nccc2C1. The Morgan fingerprint density at radius 1 is 1.54 bits per heavy atom. The van der Waals surface area contributed by atoms with Crippen molar-refractivity contribution >= 4 is 0 Å². The summed E-state index contributed by atoms with van der Waals surface area (Å²) in [6, 6.07) is 2.03. The summed E-state index contributed by atoms with van der Waals surface area (Å²) in [5.41, 5.74) is 1.50. The molecule has 1 aliphatic rings. The predicted octanol–water partition coefficient (Wildman–Crippen LogP) is 1.53. The highest BCUT2D eigenvalue weighted by Crippen LogP contribution is 2.30. The predicted molar refractivity (Wildman–Crippen MR) is 50.3 cm³/mol. The lowest BCUT2D eigenvalue weighted by molar-refractivity contribution is -0.00718. The number of nitrogens with zero attached hydrogens (tertiary/aromatic N) is 2. The molecule has 1 aliphatic heterocycles. The Kier molecular flexibility index (Phi) is 1.82. The Morgan fingerprint density at radius 3 is 3.00 bits per heavy atom. The van der Waals surface area contributed by atoms with Gasteiger partial charge in [0, 0.05) is 5.92 Å². The van der Waals surface area contributed by atoms with Gasteiger partial charge in [0.25, 0.3) is 0 Å². The van der Waals surface area contributed by atoms with Crippen molar-refractivity contribution in [3.63, 3.8) is 0 Å². The summed E-state index contributed by atoms with van der Waals surface area (Å²) >= 11 is 0. The molecule has 0 aliphatic carbocycles. The second kappa shape index (κ2) is 2.76. The smallest absolute Gasteiger partial charge is 0.120 e. The average molecular weight is 180 g/mol. The fourth-order valence-corrected chi connectivity index (χ4v) is 1.61. The molecule has 13 heavy (non-hydrogen) atoms. The highest BCUT2D eigenvalue weighted by atomic mass is 16.7. The summed E-state index contributed by atoms with van der Waals surface area (Å²) in [7, 11) is 0. The molecule has 2 rings (SSSR count). The standard InChI is InChI=1S/C10H16N2O/c1-10(2,3)8-6-9-4-5-11-12(9)13-7-8/h4-5,8H,6-7H2,1-3H3. The third-order valence-electron chi connectivity index (χ3n) is 2.76. The van der Waals surface area contributed by atoms with E-state index in [9.17, 15) is 0 Å². The highest BCUT2D eigenvalue weighted by molar-refractivity contribution is 5.03. The molecule has 0 aromatic carbocycles. The fraction of sp³-hybridized carbons (Fsp3) is 0.700. The van der Waals surface area contributed by atoms with Crippen molar-refractivity contribution in [3.8, 4) is 0 Å². The van der Waals surface area contributed by atoms with Crippen LogP contribution in [0.1, 0.15) is 26.5 Å². The third-order valence-corrected chi connectivity index (χ3v) is 2.76. The van der Waals surface area contributed by atoms with Crippen LogP contribution in [0.25, 0.3) is 0 Å². The molecule has 1 aromatic rings. The van der Waals surface area contributed by atoms with Crippen molar-refractivity contribution in [3.05, 3.63) is 18.0 Å². The Labute approximate surface area is 78.7 Å². The number of aromatic nitrogens is 2. The topological polar surface area (TPSA) is 27.1 Å². The largest absolute Gasteiger partial charge is 0.396 e. The zero-order valence-electron chi connectivity index (χ0n) is 8.45. The van der Waals surface area contributed by atoms with Gasteiger partial charge in [-0.05, 0) is 17.9 Å². The van der Waals surface area contributed by atoms with E-state index in [4.69, 9.17) is 4.84 Å². The number of hydrogen-bond acceptors (Lipinski definition) is 2. The molecule has 3 nitrogen and oxygen atoms in total. The second-order valence-corrected chi connectivity index (χ2v) is 4.76. The van der Waals surface area contributed by atoms with Crippen LogP contribution in [-0.4, -0.2) is 16.6 Å². The molecule has 72 valence electrons. The molecule has 1 aromatic heterocycles. The van der Waals surface area contributed by atoms with E-state index in [1.807, 2.05) is 6.07 Å². The van der Waals surface area contributed by atoms with E-state index in [1.165, 1.54) is 5.69 Å². The van der Waals surface area contributed by atoms with Gasteiger partial charge in [0.05, 0.1) is 11.9 Å². The molecule has 3 heteroatoms. The fourth-order valence-electron chi connectivity index (χ4n) is 1.61. The van der Waals surface area contributed by atoms with Gasteiger partial charge in [0.1, 0.15) is 6.61 Å². The summed E-state index contributed by atoms with van der Waals surface area (Å²) in [5.74, 6) is 0.594. The van der Waals surface area contributed by atoms with Gasteiger partial charge in [-0.3, -0.25) is 0 Å². The molecule has 0 bridgehead atoms. The lowest BCUT2D eigenvalue weighted by atomic mass is 9.78. The van der Waals surface area contributed by atoms with E-state index < -0.39 is 0 Å². The lowest BCUT2D eigenvalue weighted by Crippen LogP contribution is -2.37. The van der Waals surface area contributed by atoms with Crippen molar-refractivity contribution in [1.82, 2.24) is 9.94 Å². The van der Waals surface area contributed by atoms with E-state index in [0.29, 0.717) is 11.3 Å². The summed E-state index contributed by atoms with van der Waals surface area (Å²) in [4.78, 5) is 7.15. The van der Waals surface area contributed by atoms with Gasteiger partial charge in [-0.2, -0.15) is 0 Å². The maximum atomic E-state index is 5.51. The second-order valence-electron chi connectivity index (χ2n) is 4.76. The Hall–Kier alpha value is -0.990. The van der Waals surface area contributed by atoms with Crippen LogP contribution >= 0.6 is 0 Å². The lowest BCUT2D eigenvalue weighted by Gasteiger charge is -2.33. The van der Waals surface area contributed by atoms with Crippen LogP contribution in [0.15, 0.2) is 12.3 Å². The van der Waals surface area contributed by atoms with Crippen LogP contribution in [0.5, 0.6) is 0 Å². The molecular formula is C10H16N2O. The monoisotopic (exact) mass is 180 g/mol. The first-order valence-electron chi connectivity index (χ1n) is 4.73. The minimum absolute atomic E-state index is 0.315. The van der Waals surface area contributed by atoms with Crippen molar-refractivity contribution < 1.29 is 4.84 Å². The van der Waals surface area contributed by atoms with Crippen LogP contribution < -0.4 is 4.84 Å². The molecule has 0 saturated heterocycles. The molecule has 0 saturated carbocycles. The summed E-state index contributed by atoms with van der Waals surface area (Å²) < 4.78 is 0. The van der Waals surface area contributed by atoms with Gasteiger partial charge in [-0.15, -0.1) is 9.94 Å². The number of hydrogen-bond donors (Lipinski definition) is 0. The van der Waals surface area contributed by atoms with Gasteiger partial charge in [-0.1, -0.05) is 20.8 Å². The maximum absolute atomic E-state index is 5.51. The van der Waals surface area contributed by atoms with Crippen molar-refractivity contribution in [2.75, 3.05) is 6.61 Å². The van der Waals surface area contributed by atoms with Crippen LogP contribution in [-0.2, 0) is 6.42 Å². The van der Waals surface area contributed by atoms with E-state index >= 15 is 0 Å². The maximum Gasteiger partial charge on any atom is 0.120 e. The highest BCUT2D eigenvalue weighted by Gasteiger charge is 2.30. The zero-order valence-corrected chi connectivity index (χ0v) is 8.45. The molecule has 2 heterocycles. The molecule has 0 radical (unpaired) electrons. The first-order chi connectivity index (χ1) is 6.07. The van der Waals surface area contributed by atoms with Crippen molar-refractivity contribution in [2.45, 2.75) is 27.2 Å².